The van der Waals surface area contributed by atoms with Crippen molar-refractivity contribution >= 4 is 34.4 Å². The minimum absolute atomic E-state index is 0.163. The fourth-order valence-corrected chi connectivity index (χ4v) is 2.84. The third-order valence-electron chi connectivity index (χ3n) is 3.98. The lowest BCUT2D eigenvalue weighted by Gasteiger charge is -2.26. The van der Waals surface area contributed by atoms with Gasteiger partial charge in [0.2, 0.25) is 5.89 Å². The Bertz CT molecular complexity index is 902. The van der Waals surface area contributed by atoms with Crippen molar-refractivity contribution in [3.05, 3.63) is 47.5 Å². The number of halogens is 1. The summed E-state index contributed by atoms with van der Waals surface area (Å²) in [5.41, 5.74) is 2.93. The van der Waals surface area contributed by atoms with Crippen LogP contribution in [0.5, 0.6) is 0 Å². The Labute approximate surface area is 149 Å². The van der Waals surface area contributed by atoms with E-state index in [0.29, 0.717) is 42.1 Å². The minimum Gasteiger partial charge on any atom is -0.436 e. The van der Waals surface area contributed by atoms with Gasteiger partial charge in [0.25, 0.3) is 0 Å². The lowest BCUT2D eigenvalue weighted by molar-refractivity contribution is 0.0122. The van der Waals surface area contributed by atoms with Crippen LogP contribution in [-0.2, 0) is 4.74 Å². The molecule has 0 unspecified atom stereocenters. The maximum absolute atomic E-state index is 12.2. The van der Waals surface area contributed by atoms with E-state index in [-0.39, 0.29) is 6.03 Å². The van der Waals surface area contributed by atoms with E-state index < -0.39 is 0 Å². The number of urea groups is 1. The quantitative estimate of drug-likeness (QED) is 0.740. The number of hydrogen-bond donors (Lipinski definition) is 1. The van der Waals surface area contributed by atoms with Gasteiger partial charge in [0.15, 0.2) is 5.58 Å². The Morgan fingerprint density at radius 1 is 1.20 bits per heavy atom. The largest absolute Gasteiger partial charge is 0.436 e. The van der Waals surface area contributed by atoms with Crippen LogP contribution in [0, 0.1) is 0 Å². The van der Waals surface area contributed by atoms with E-state index in [0.717, 1.165) is 17.5 Å². The SMILES string of the molecule is O=C(Nc1ccc(-c2nc3ccc(Cl)cc3o2)cc1)N1CCCOC1. The number of carbonyl (C=O) groups is 1. The van der Waals surface area contributed by atoms with Crippen LogP contribution in [0.2, 0.25) is 5.02 Å². The molecule has 0 atom stereocenters. The zero-order chi connectivity index (χ0) is 17.2. The van der Waals surface area contributed by atoms with Gasteiger partial charge in [-0.2, -0.15) is 0 Å². The normalized spacial score (nSPS) is 14.7. The third kappa shape index (κ3) is 3.45. The lowest BCUT2D eigenvalue weighted by atomic mass is 10.2. The number of anilines is 1. The van der Waals surface area contributed by atoms with Crippen molar-refractivity contribution < 1.29 is 13.9 Å². The molecule has 4 rings (SSSR count). The number of benzene rings is 2. The van der Waals surface area contributed by atoms with Crippen molar-refractivity contribution in [2.75, 3.05) is 25.2 Å². The summed E-state index contributed by atoms with van der Waals surface area (Å²) in [5, 5.41) is 3.47. The van der Waals surface area contributed by atoms with Gasteiger partial charge in [0.1, 0.15) is 12.2 Å². The first-order chi connectivity index (χ1) is 12.2. The van der Waals surface area contributed by atoms with E-state index in [1.807, 2.05) is 30.3 Å². The van der Waals surface area contributed by atoms with Crippen LogP contribution in [0.3, 0.4) is 0 Å². The molecule has 1 N–H and O–H groups in total. The molecule has 6 nitrogen and oxygen atoms in total. The molecule has 1 aliphatic rings. The Morgan fingerprint density at radius 2 is 2.04 bits per heavy atom. The van der Waals surface area contributed by atoms with Crippen LogP contribution in [0.4, 0.5) is 10.5 Å². The second kappa shape index (κ2) is 6.74. The highest BCUT2D eigenvalue weighted by Gasteiger charge is 2.17. The molecule has 2 heterocycles. The predicted molar refractivity (Wildman–Crippen MR) is 95.6 cm³/mol. The van der Waals surface area contributed by atoms with Crippen LogP contribution >= 0.6 is 11.6 Å². The molecule has 128 valence electrons. The molecule has 2 amide bonds. The highest BCUT2D eigenvalue weighted by Crippen LogP contribution is 2.27. The molecule has 25 heavy (non-hydrogen) atoms. The lowest BCUT2D eigenvalue weighted by Crippen LogP contribution is -2.40. The average Bonchev–Trinajstić information content (AvgIpc) is 3.06. The van der Waals surface area contributed by atoms with E-state index in [2.05, 4.69) is 10.3 Å². The Kier molecular flexibility index (Phi) is 4.29. The van der Waals surface area contributed by atoms with E-state index in [1.165, 1.54) is 0 Å². The molecular weight excluding hydrogens is 342 g/mol. The summed E-state index contributed by atoms with van der Waals surface area (Å²) in [4.78, 5) is 18.3. The number of carbonyl (C=O) groups excluding carboxylic acids is 1. The molecule has 2 aromatic carbocycles. The van der Waals surface area contributed by atoms with Crippen molar-refractivity contribution in [2.24, 2.45) is 0 Å². The summed E-state index contributed by atoms with van der Waals surface area (Å²) < 4.78 is 11.0. The number of amides is 2. The van der Waals surface area contributed by atoms with Crippen molar-refractivity contribution in [2.45, 2.75) is 6.42 Å². The average molecular weight is 358 g/mol. The number of nitrogens with zero attached hydrogens (tertiary/aromatic N) is 2. The van der Waals surface area contributed by atoms with Gasteiger partial charge >= 0.3 is 6.03 Å². The molecular formula is C18H16ClN3O3. The highest BCUT2D eigenvalue weighted by atomic mass is 35.5. The van der Waals surface area contributed by atoms with Crippen LogP contribution in [-0.4, -0.2) is 35.8 Å². The number of oxazole rings is 1. The van der Waals surface area contributed by atoms with Crippen molar-refractivity contribution in [3.63, 3.8) is 0 Å². The molecule has 7 heteroatoms. The first kappa shape index (κ1) is 15.9. The standard InChI is InChI=1S/C18H16ClN3O3/c19-13-4-7-15-16(10-13)25-17(21-15)12-2-5-14(6-3-12)20-18(23)22-8-1-9-24-11-22/h2-7,10H,1,8-9,11H2,(H,20,23). The summed E-state index contributed by atoms with van der Waals surface area (Å²) in [7, 11) is 0. The van der Waals surface area contributed by atoms with Crippen molar-refractivity contribution in [3.8, 4) is 11.5 Å². The minimum atomic E-state index is -0.163. The summed E-state index contributed by atoms with van der Waals surface area (Å²) in [6, 6.07) is 12.5. The van der Waals surface area contributed by atoms with Gasteiger partial charge in [0, 0.05) is 28.9 Å². The van der Waals surface area contributed by atoms with Gasteiger partial charge in [-0.15, -0.1) is 0 Å². The van der Waals surface area contributed by atoms with E-state index in [4.69, 9.17) is 20.8 Å². The zero-order valence-electron chi connectivity index (χ0n) is 13.4. The van der Waals surface area contributed by atoms with Gasteiger partial charge in [-0.25, -0.2) is 9.78 Å². The highest BCUT2D eigenvalue weighted by molar-refractivity contribution is 6.31. The second-order valence-electron chi connectivity index (χ2n) is 5.79. The van der Waals surface area contributed by atoms with Crippen molar-refractivity contribution in [1.82, 2.24) is 9.88 Å². The molecule has 0 aliphatic carbocycles. The number of hydrogen-bond acceptors (Lipinski definition) is 4. The molecule has 0 bridgehead atoms. The summed E-state index contributed by atoms with van der Waals surface area (Å²) in [6.07, 6.45) is 0.855. The molecule has 1 saturated heterocycles. The van der Waals surface area contributed by atoms with E-state index in [9.17, 15) is 4.79 Å². The molecule has 0 radical (unpaired) electrons. The number of ether oxygens (including phenoxy) is 1. The van der Waals surface area contributed by atoms with Crippen molar-refractivity contribution in [1.29, 1.82) is 0 Å². The molecule has 1 fully saturated rings. The second-order valence-corrected chi connectivity index (χ2v) is 6.23. The van der Waals surface area contributed by atoms with Crippen LogP contribution in [0.25, 0.3) is 22.6 Å². The number of fused-ring (bicyclic) bond motifs is 1. The molecule has 0 saturated carbocycles. The van der Waals surface area contributed by atoms with Gasteiger partial charge < -0.3 is 19.4 Å². The van der Waals surface area contributed by atoms with Gasteiger partial charge in [-0.1, -0.05) is 11.6 Å². The fourth-order valence-electron chi connectivity index (χ4n) is 2.68. The first-order valence-electron chi connectivity index (χ1n) is 7.99. The van der Waals surface area contributed by atoms with E-state index in [1.54, 1.807) is 17.0 Å². The number of nitrogens with one attached hydrogen (secondary N) is 1. The fraction of sp³-hybridized carbons (Fsp3) is 0.222. The van der Waals surface area contributed by atoms with Gasteiger partial charge in [0.05, 0.1) is 6.61 Å². The van der Waals surface area contributed by atoms with Crippen LogP contribution in [0.1, 0.15) is 6.42 Å². The first-order valence-corrected chi connectivity index (χ1v) is 8.37. The Balaban J connectivity index is 1.49. The third-order valence-corrected chi connectivity index (χ3v) is 4.22. The molecule has 1 aromatic heterocycles. The Morgan fingerprint density at radius 3 is 2.80 bits per heavy atom. The monoisotopic (exact) mass is 357 g/mol. The zero-order valence-corrected chi connectivity index (χ0v) is 14.1. The van der Waals surface area contributed by atoms with E-state index >= 15 is 0 Å². The molecule has 3 aromatic rings. The van der Waals surface area contributed by atoms with Gasteiger partial charge in [-0.05, 0) is 42.8 Å². The molecule has 0 spiro atoms. The maximum Gasteiger partial charge on any atom is 0.323 e. The summed E-state index contributed by atoms with van der Waals surface area (Å²) >= 11 is 5.97. The van der Waals surface area contributed by atoms with Gasteiger partial charge in [-0.3, -0.25) is 0 Å². The number of aromatic nitrogens is 1. The predicted octanol–water partition coefficient (Wildman–Crippen LogP) is 4.36. The Hall–Kier alpha value is -2.57. The number of rotatable bonds is 2. The van der Waals surface area contributed by atoms with Crippen LogP contribution < -0.4 is 5.32 Å². The smallest absolute Gasteiger partial charge is 0.323 e. The summed E-state index contributed by atoms with van der Waals surface area (Å²) in [5.74, 6) is 0.513. The topological polar surface area (TPSA) is 67.6 Å². The molecule has 1 aliphatic heterocycles. The maximum atomic E-state index is 12.2. The van der Waals surface area contributed by atoms with Crippen LogP contribution in [0.15, 0.2) is 46.9 Å². The summed E-state index contributed by atoms with van der Waals surface area (Å²) in [6.45, 7) is 1.74.